The van der Waals surface area contributed by atoms with Crippen LogP contribution in [0.2, 0.25) is 0 Å². The van der Waals surface area contributed by atoms with E-state index in [4.69, 9.17) is 32.4 Å². The van der Waals surface area contributed by atoms with Crippen LogP contribution in [0.3, 0.4) is 0 Å². The summed E-state index contributed by atoms with van der Waals surface area (Å²) in [6, 6.07) is -1.37. The van der Waals surface area contributed by atoms with Crippen molar-refractivity contribution in [2.45, 2.75) is 129 Å². The summed E-state index contributed by atoms with van der Waals surface area (Å²) in [6.07, 6.45) is 18.8. The molecule has 0 aliphatic carbocycles. The zero-order chi connectivity index (χ0) is 35.8. The lowest BCUT2D eigenvalue weighted by Crippen LogP contribution is -2.46. The van der Waals surface area contributed by atoms with Crippen LogP contribution in [0.5, 0.6) is 0 Å². The van der Waals surface area contributed by atoms with Gasteiger partial charge in [0.25, 0.3) is 0 Å². The molecule has 12 nitrogen and oxygen atoms in total. The molecule has 8 N–H and O–H groups in total. The number of allylic oxidation sites excluding steroid dienone is 4. The third-order valence-corrected chi connectivity index (χ3v) is 7.84. The molecule has 2 amide bonds. The Morgan fingerprint density at radius 1 is 0.562 bits per heavy atom. The minimum absolute atomic E-state index is 0.0747. The Balaban J connectivity index is 5.20. The summed E-state index contributed by atoms with van der Waals surface area (Å²) in [7, 11) is 0. The van der Waals surface area contributed by atoms with Gasteiger partial charge >= 0.3 is 11.9 Å². The van der Waals surface area contributed by atoms with Gasteiger partial charge in [0.15, 0.2) is 0 Å². The molecule has 0 aromatic rings. The molecule has 48 heavy (non-hydrogen) atoms. The van der Waals surface area contributed by atoms with Gasteiger partial charge in [0.2, 0.25) is 11.8 Å². The van der Waals surface area contributed by atoms with Crippen LogP contribution in [0.25, 0.3) is 0 Å². The molecule has 0 heterocycles. The van der Waals surface area contributed by atoms with E-state index in [-0.39, 0.29) is 49.7 Å². The molecule has 0 unspecified atom stereocenters. The highest BCUT2D eigenvalue weighted by Crippen LogP contribution is 2.10. The van der Waals surface area contributed by atoms with Gasteiger partial charge in [0, 0.05) is 26.2 Å². The number of rotatable bonds is 31. The molecule has 0 aliphatic rings. The first kappa shape index (κ1) is 45.2. The van der Waals surface area contributed by atoms with Crippen LogP contribution in [0.1, 0.15) is 117 Å². The van der Waals surface area contributed by atoms with Crippen LogP contribution < -0.4 is 22.9 Å². The molecular formula is C36H68N6O6. The van der Waals surface area contributed by atoms with Crippen molar-refractivity contribution >= 4 is 23.8 Å². The van der Waals surface area contributed by atoms with Crippen LogP contribution >= 0.6 is 0 Å². The standard InChI is InChI=1S/C36H68N6O6/c1-3-5-7-9-17-29-47-33(43)21-27-41(35(45)31(39)19-11-13-23-37)25-15-16-26-42(36(46)32(40)20-12-14-24-38)28-22-34(44)48-30-18-10-8-6-4-2/h5-8,31-32H,3-4,9-30,37-40H2,1-2H3/t31-,32-/m1/s1. The maximum Gasteiger partial charge on any atom is 0.307 e. The Bertz CT molecular complexity index is 843. The Kier molecular flexibility index (Phi) is 29.6. The summed E-state index contributed by atoms with van der Waals surface area (Å²) in [4.78, 5) is 54.6. The summed E-state index contributed by atoms with van der Waals surface area (Å²) < 4.78 is 10.7. The van der Waals surface area contributed by atoms with Crippen LogP contribution in [0, 0.1) is 0 Å². The van der Waals surface area contributed by atoms with Gasteiger partial charge in [-0.1, -0.05) is 51.0 Å². The highest BCUT2D eigenvalue weighted by Gasteiger charge is 2.24. The zero-order valence-corrected chi connectivity index (χ0v) is 30.1. The van der Waals surface area contributed by atoms with E-state index >= 15 is 0 Å². The topological polar surface area (TPSA) is 197 Å². The van der Waals surface area contributed by atoms with E-state index in [1.807, 2.05) is 0 Å². The number of amides is 2. The second-order valence-electron chi connectivity index (χ2n) is 12.1. The van der Waals surface area contributed by atoms with Crippen molar-refractivity contribution in [3.63, 3.8) is 0 Å². The van der Waals surface area contributed by atoms with Crippen molar-refractivity contribution in [1.29, 1.82) is 0 Å². The molecule has 0 saturated heterocycles. The molecular weight excluding hydrogens is 612 g/mol. The fourth-order valence-corrected chi connectivity index (χ4v) is 4.94. The predicted octanol–water partition coefficient (Wildman–Crippen LogP) is 3.70. The third-order valence-electron chi connectivity index (χ3n) is 7.84. The maximum atomic E-state index is 13.3. The van der Waals surface area contributed by atoms with E-state index in [2.05, 4.69) is 38.2 Å². The van der Waals surface area contributed by atoms with Gasteiger partial charge in [-0.15, -0.1) is 0 Å². The van der Waals surface area contributed by atoms with Crippen molar-refractivity contribution in [2.24, 2.45) is 22.9 Å². The highest BCUT2D eigenvalue weighted by molar-refractivity contribution is 5.83. The third kappa shape index (κ3) is 24.4. The minimum atomic E-state index is -0.684. The van der Waals surface area contributed by atoms with Crippen LogP contribution in [-0.2, 0) is 28.7 Å². The number of carbonyl (C=O) groups excluding carboxylic acids is 4. The molecule has 0 aliphatic heterocycles. The number of esters is 2. The van der Waals surface area contributed by atoms with Crippen LogP contribution in [-0.4, -0.2) is 98.1 Å². The average molecular weight is 681 g/mol. The van der Waals surface area contributed by atoms with E-state index in [0.29, 0.717) is 65.1 Å². The van der Waals surface area contributed by atoms with Gasteiger partial charge in [-0.2, -0.15) is 0 Å². The lowest BCUT2D eigenvalue weighted by atomic mass is 10.1. The normalized spacial score (nSPS) is 12.7. The molecule has 0 aromatic heterocycles. The van der Waals surface area contributed by atoms with Gasteiger partial charge in [0.05, 0.1) is 38.1 Å². The molecule has 278 valence electrons. The molecule has 0 fully saturated rings. The monoisotopic (exact) mass is 681 g/mol. The summed E-state index contributed by atoms with van der Waals surface area (Å²) in [6.45, 7) is 7.02. The minimum Gasteiger partial charge on any atom is -0.466 e. The Morgan fingerprint density at radius 3 is 1.31 bits per heavy atom. The summed E-state index contributed by atoms with van der Waals surface area (Å²) in [5.74, 6) is -1.14. The molecule has 2 atom stereocenters. The number of unbranched alkanes of at least 4 members (excludes halogenated alkanes) is 5. The summed E-state index contributed by atoms with van der Waals surface area (Å²) in [5.41, 5.74) is 23.7. The van der Waals surface area contributed by atoms with Crippen LogP contribution in [0.4, 0.5) is 0 Å². The first-order chi connectivity index (χ1) is 23.2. The fourth-order valence-electron chi connectivity index (χ4n) is 4.94. The first-order valence-electron chi connectivity index (χ1n) is 18.3. The van der Waals surface area contributed by atoms with Crippen molar-refractivity contribution < 1.29 is 28.7 Å². The molecule has 0 aromatic carbocycles. The largest absolute Gasteiger partial charge is 0.466 e. The Morgan fingerprint density at radius 2 is 0.958 bits per heavy atom. The quantitative estimate of drug-likeness (QED) is 0.0476. The second-order valence-corrected chi connectivity index (χ2v) is 12.1. The lowest BCUT2D eigenvalue weighted by Gasteiger charge is -2.28. The van der Waals surface area contributed by atoms with E-state index < -0.39 is 12.1 Å². The van der Waals surface area contributed by atoms with Crippen molar-refractivity contribution in [2.75, 3.05) is 52.5 Å². The average Bonchev–Trinajstić information content (AvgIpc) is 3.08. The number of nitrogens with zero attached hydrogens (tertiary/aromatic N) is 2. The summed E-state index contributed by atoms with van der Waals surface area (Å²) >= 11 is 0. The lowest BCUT2D eigenvalue weighted by molar-refractivity contribution is -0.146. The molecule has 0 saturated carbocycles. The number of carbonyl (C=O) groups is 4. The van der Waals surface area contributed by atoms with Gasteiger partial charge in [-0.3, -0.25) is 19.2 Å². The summed E-state index contributed by atoms with van der Waals surface area (Å²) in [5, 5.41) is 0. The first-order valence-corrected chi connectivity index (χ1v) is 18.3. The molecule has 12 heteroatoms. The van der Waals surface area contributed by atoms with E-state index in [0.717, 1.165) is 64.2 Å². The molecule has 0 spiro atoms. The molecule has 0 rings (SSSR count). The fraction of sp³-hybridized carbons (Fsp3) is 0.778. The van der Waals surface area contributed by atoms with Gasteiger partial charge in [0.1, 0.15) is 0 Å². The second kappa shape index (κ2) is 31.5. The Hall–Kier alpha value is -2.80. The number of nitrogens with two attached hydrogens (primary N) is 4. The van der Waals surface area contributed by atoms with Crippen LogP contribution in [0.15, 0.2) is 24.3 Å². The SMILES string of the molecule is CCC=CCCCOC(=O)CCN(CCCCN(CCC(=O)OCCCC=CCC)C(=O)[C@H](N)CCCCN)C(=O)[C@H](N)CCCCN. The number of ether oxygens (including phenoxy) is 2. The van der Waals surface area contributed by atoms with E-state index in [1.54, 1.807) is 9.80 Å². The predicted molar refractivity (Wildman–Crippen MR) is 193 cm³/mol. The van der Waals surface area contributed by atoms with Gasteiger partial charge in [-0.25, -0.2) is 0 Å². The van der Waals surface area contributed by atoms with Crippen molar-refractivity contribution in [3.8, 4) is 0 Å². The maximum absolute atomic E-state index is 13.3. The number of hydrogen-bond donors (Lipinski definition) is 4. The van der Waals surface area contributed by atoms with Crippen molar-refractivity contribution in [1.82, 2.24) is 9.80 Å². The Labute approximate surface area is 290 Å². The van der Waals surface area contributed by atoms with Gasteiger partial charge < -0.3 is 42.2 Å². The van der Waals surface area contributed by atoms with Crippen molar-refractivity contribution in [3.05, 3.63) is 24.3 Å². The number of hydrogen-bond acceptors (Lipinski definition) is 10. The van der Waals surface area contributed by atoms with E-state index in [9.17, 15) is 19.2 Å². The zero-order valence-electron chi connectivity index (χ0n) is 30.1. The van der Waals surface area contributed by atoms with E-state index in [1.165, 1.54) is 0 Å². The molecule has 0 bridgehead atoms. The molecule has 0 radical (unpaired) electrons. The smallest absolute Gasteiger partial charge is 0.307 e. The highest BCUT2D eigenvalue weighted by atomic mass is 16.5. The van der Waals surface area contributed by atoms with Gasteiger partial charge in [-0.05, 0) is 90.1 Å².